The highest BCUT2D eigenvalue weighted by molar-refractivity contribution is 6.47. The second kappa shape index (κ2) is 9.07. The van der Waals surface area contributed by atoms with Gasteiger partial charge in [-0.25, -0.2) is 0 Å². The smallest absolute Gasteiger partial charge is 0.491 e. The van der Waals surface area contributed by atoms with Crippen molar-refractivity contribution in [2.45, 2.75) is 64.5 Å². The van der Waals surface area contributed by atoms with E-state index in [1.165, 1.54) is 6.42 Å². The van der Waals surface area contributed by atoms with E-state index in [2.05, 4.69) is 32.9 Å². The van der Waals surface area contributed by atoms with E-state index >= 15 is 0 Å². The normalized spacial score (nSPS) is 30.4. The van der Waals surface area contributed by atoms with Crippen LogP contribution >= 0.6 is 0 Å². The summed E-state index contributed by atoms with van der Waals surface area (Å²) in [6, 6.07) is 17.8. The van der Waals surface area contributed by atoms with E-state index in [1.807, 2.05) is 42.5 Å². The van der Waals surface area contributed by atoms with Crippen molar-refractivity contribution in [2.75, 3.05) is 13.7 Å². The highest BCUT2D eigenvalue weighted by atomic mass is 16.7. The van der Waals surface area contributed by atoms with Gasteiger partial charge in [0.2, 0.25) is 0 Å². The monoisotopic (exact) mass is 450 g/mol. The zero-order valence-corrected chi connectivity index (χ0v) is 20.2. The summed E-state index contributed by atoms with van der Waals surface area (Å²) in [5, 5.41) is 0. The quantitative estimate of drug-likeness (QED) is 0.500. The molecule has 4 aliphatic rings. The van der Waals surface area contributed by atoms with Crippen molar-refractivity contribution >= 4 is 7.12 Å². The Balaban J connectivity index is 1.26. The lowest BCUT2D eigenvalue weighted by Gasteiger charge is -2.64. The molecule has 0 aromatic heterocycles. The van der Waals surface area contributed by atoms with Gasteiger partial charge < -0.3 is 23.5 Å². The van der Waals surface area contributed by atoms with Gasteiger partial charge in [0, 0.05) is 0 Å². The van der Waals surface area contributed by atoms with Crippen LogP contribution in [-0.2, 0) is 32.0 Å². The van der Waals surface area contributed by atoms with Crippen LogP contribution in [0.1, 0.15) is 44.7 Å². The van der Waals surface area contributed by atoms with Crippen LogP contribution in [0.15, 0.2) is 54.6 Å². The lowest BCUT2D eigenvalue weighted by Crippen LogP contribution is -2.65. The van der Waals surface area contributed by atoms with E-state index < -0.39 is 7.12 Å². The molecule has 3 saturated carbocycles. The highest BCUT2D eigenvalue weighted by Gasteiger charge is 2.68. The summed E-state index contributed by atoms with van der Waals surface area (Å²) in [5.41, 5.74) is 2.27. The van der Waals surface area contributed by atoms with E-state index in [0.717, 1.165) is 29.2 Å². The summed E-state index contributed by atoms with van der Waals surface area (Å²) in [5.74, 6) is 2.07. The molecule has 1 aliphatic heterocycles. The predicted octanol–water partition coefficient (Wildman–Crippen LogP) is 5.06. The summed E-state index contributed by atoms with van der Waals surface area (Å²) < 4.78 is 30.9. The Kier molecular flexibility index (Phi) is 6.29. The summed E-state index contributed by atoms with van der Waals surface area (Å²) in [7, 11) is 1.25. The Hall–Kier alpha value is -1.86. The molecule has 0 spiro atoms. The molecule has 2 bridgehead atoms. The second-order valence-electron chi connectivity index (χ2n) is 10.5. The molecule has 0 amide bonds. The largest absolute Gasteiger partial charge is 0.497 e. The maximum absolute atomic E-state index is 6.68. The van der Waals surface area contributed by atoms with Gasteiger partial charge in [-0.15, -0.1) is 0 Å². The first-order valence-electron chi connectivity index (χ1n) is 12.1. The highest BCUT2D eigenvalue weighted by Crippen LogP contribution is 2.65. The van der Waals surface area contributed by atoms with Crippen molar-refractivity contribution in [2.24, 2.45) is 17.3 Å². The third-order valence-electron chi connectivity index (χ3n) is 8.29. The second-order valence-corrected chi connectivity index (χ2v) is 10.5. The van der Waals surface area contributed by atoms with Crippen LogP contribution in [-0.4, -0.2) is 38.5 Å². The van der Waals surface area contributed by atoms with Crippen molar-refractivity contribution in [1.29, 1.82) is 0 Å². The average Bonchev–Trinajstić information content (AvgIpc) is 3.19. The standard InChI is InChI=1S/C27H35BO5/c1-26(2)21-14-23(26)27(3)24(15-21)32-28(33-27)25(18-30-16-19-8-6-5-7-9-19)31-17-20-10-12-22(29-4)13-11-20/h5-13,21,23-25H,14-18H2,1-4H3/t21-,23-,24+,25-,27-/m1/s1. The number of benzene rings is 2. The van der Waals surface area contributed by atoms with Gasteiger partial charge in [-0.1, -0.05) is 56.3 Å². The van der Waals surface area contributed by atoms with Gasteiger partial charge in [0.05, 0.1) is 38.6 Å². The van der Waals surface area contributed by atoms with Crippen molar-refractivity contribution < 1.29 is 23.5 Å². The van der Waals surface area contributed by atoms with Gasteiger partial charge in [0.1, 0.15) is 11.8 Å². The number of methoxy groups -OCH3 is 1. The molecule has 0 unspecified atom stereocenters. The minimum atomic E-state index is -0.427. The van der Waals surface area contributed by atoms with Crippen LogP contribution in [0.25, 0.3) is 0 Å². The molecule has 1 heterocycles. The van der Waals surface area contributed by atoms with Crippen LogP contribution in [0.5, 0.6) is 5.75 Å². The molecule has 0 N–H and O–H groups in total. The van der Waals surface area contributed by atoms with Gasteiger partial charge in [0.15, 0.2) is 0 Å². The summed E-state index contributed by atoms with van der Waals surface area (Å²) in [6.07, 6.45) is 2.42. The van der Waals surface area contributed by atoms with Crippen molar-refractivity contribution in [3.8, 4) is 5.75 Å². The maximum atomic E-state index is 6.68. The zero-order valence-electron chi connectivity index (χ0n) is 20.2. The van der Waals surface area contributed by atoms with Gasteiger partial charge in [-0.3, -0.25) is 0 Å². The van der Waals surface area contributed by atoms with E-state index in [9.17, 15) is 0 Å². The minimum absolute atomic E-state index is 0.125. The Morgan fingerprint density at radius 1 is 0.970 bits per heavy atom. The molecule has 5 nitrogen and oxygen atoms in total. The molecule has 1 saturated heterocycles. The lowest BCUT2D eigenvalue weighted by atomic mass is 9.43. The van der Waals surface area contributed by atoms with E-state index in [-0.39, 0.29) is 17.7 Å². The van der Waals surface area contributed by atoms with E-state index in [0.29, 0.717) is 31.2 Å². The van der Waals surface area contributed by atoms with Crippen LogP contribution in [0.2, 0.25) is 0 Å². The molecule has 3 aliphatic carbocycles. The first kappa shape index (κ1) is 22.9. The van der Waals surface area contributed by atoms with Gasteiger partial charge in [0.25, 0.3) is 0 Å². The Bertz CT molecular complexity index is 933. The molecular formula is C27H35BO5. The lowest BCUT2D eigenvalue weighted by molar-refractivity contribution is -0.199. The van der Waals surface area contributed by atoms with Gasteiger partial charge >= 0.3 is 7.12 Å². The third kappa shape index (κ3) is 4.34. The first-order valence-corrected chi connectivity index (χ1v) is 12.1. The molecule has 6 rings (SSSR count). The Morgan fingerprint density at radius 2 is 1.70 bits per heavy atom. The Labute approximate surface area is 197 Å². The summed E-state index contributed by atoms with van der Waals surface area (Å²) in [4.78, 5) is 0. The molecule has 2 aromatic rings. The number of rotatable bonds is 9. The van der Waals surface area contributed by atoms with Crippen molar-refractivity contribution in [1.82, 2.24) is 0 Å². The van der Waals surface area contributed by atoms with Crippen molar-refractivity contribution in [3.63, 3.8) is 0 Å². The maximum Gasteiger partial charge on any atom is 0.491 e. The van der Waals surface area contributed by atoms with E-state index in [1.54, 1.807) is 7.11 Å². The van der Waals surface area contributed by atoms with E-state index in [4.69, 9.17) is 23.5 Å². The molecule has 0 radical (unpaired) electrons. The summed E-state index contributed by atoms with van der Waals surface area (Å²) >= 11 is 0. The van der Waals surface area contributed by atoms with Crippen LogP contribution in [0, 0.1) is 17.3 Å². The molecule has 6 heteroatoms. The van der Waals surface area contributed by atoms with Crippen LogP contribution in [0.4, 0.5) is 0 Å². The van der Waals surface area contributed by atoms with Crippen molar-refractivity contribution in [3.05, 3.63) is 65.7 Å². The number of ether oxygens (including phenoxy) is 3. The molecule has 4 fully saturated rings. The molecule has 2 aromatic carbocycles. The first-order chi connectivity index (χ1) is 15.9. The zero-order chi connectivity index (χ0) is 23.1. The topological polar surface area (TPSA) is 46.2 Å². The predicted molar refractivity (Wildman–Crippen MR) is 128 cm³/mol. The molecular weight excluding hydrogens is 415 g/mol. The summed E-state index contributed by atoms with van der Waals surface area (Å²) in [6.45, 7) is 8.41. The Morgan fingerprint density at radius 3 is 2.39 bits per heavy atom. The molecule has 5 atom stereocenters. The third-order valence-corrected chi connectivity index (χ3v) is 8.29. The number of hydrogen-bond acceptors (Lipinski definition) is 5. The van der Waals surface area contributed by atoms with Crippen LogP contribution < -0.4 is 4.74 Å². The van der Waals surface area contributed by atoms with Crippen LogP contribution in [0.3, 0.4) is 0 Å². The van der Waals surface area contributed by atoms with Gasteiger partial charge in [-0.05, 0) is 60.3 Å². The molecule has 176 valence electrons. The average molecular weight is 450 g/mol. The minimum Gasteiger partial charge on any atom is -0.497 e. The fraction of sp³-hybridized carbons (Fsp3) is 0.556. The van der Waals surface area contributed by atoms with Gasteiger partial charge in [-0.2, -0.15) is 0 Å². The fourth-order valence-corrected chi connectivity index (χ4v) is 6.06. The SMILES string of the molecule is COc1ccc(CO[C@H](COCc2ccccc2)B2O[C@H]3C[C@H]4C[C@H](C4(C)C)[C@@]3(C)O2)cc1. The number of hydrogen-bond donors (Lipinski definition) is 0. The fourth-order valence-electron chi connectivity index (χ4n) is 6.06. The molecule has 33 heavy (non-hydrogen) atoms.